The van der Waals surface area contributed by atoms with Crippen molar-refractivity contribution in [3.63, 3.8) is 0 Å². The molecule has 1 aromatic carbocycles. The lowest BCUT2D eigenvalue weighted by molar-refractivity contribution is -0.137. The first kappa shape index (κ1) is 16.1. The van der Waals surface area contributed by atoms with Crippen molar-refractivity contribution in [1.29, 1.82) is 0 Å². The van der Waals surface area contributed by atoms with Crippen molar-refractivity contribution in [1.82, 2.24) is 14.9 Å². The summed E-state index contributed by atoms with van der Waals surface area (Å²) in [5.74, 6) is -0.740. The Morgan fingerprint density at radius 2 is 1.92 bits per heavy atom. The van der Waals surface area contributed by atoms with E-state index in [0.717, 1.165) is 5.56 Å². The highest BCUT2D eigenvalue weighted by molar-refractivity contribution is 5.95. The van der Waals surface area contributed by atoms with Crippen LogP contribution in [0.4, 0.5) is 4.79 Å². The Bertz CT molecular complexity index is 733. The zero-order valence-corrected chi connectivity index (χ0v) is 14.3. The van der Waals surface area contributed by atoms with Crippen LogP contribution in [0.2, 0.25) is 0 Å². The third-order valence-corrected chi connectivity index (χ3v) is 5.25. The van der Waals surface area contributed by atoms with Gasteiger partial charge in [0.2, 0.25) is 11.8 Å². The third-order valence-electron chi connectivity index (χ3n) is 5.25. The van der Waals surface area contributed by atoms with Gasteiger partial charge in [-0.05, 0) is 19.4 Å². The Labute approximate surface area is 146 Å². The Morgan fingerprint density at radius 1 is 1.20 bits per heavy atom. The van der Waals surface area contributed by atoms with Gasteiger partial charge in [0.15, 0.2) is 0 Å². The minimum atomic E-state index is -0.593. The Hall–Kier alpha value is -2.41. The minimum Gasteiger partial charge on any atom is -0.447 e. The molecule has 0 spiro atoms. The highest BCUT2D eigenvalue weighted by atomic mass is 16.6. The largest absolute Gasteiger partial charge is 0.447 e. The zero-order chi connectivity index (χ0) is 17.8. The van der Waals surface area contributed by atoms with Gasteiger partial charge in [0, 0.05) is 12.0 Å². The van der Waals surface area contributed by atoms with Crippen molar-refractivity contribution in [2.24, 2.45) is 5.92 Å². The van der Waals surface area contributed by atoms with Gasteiger partial charge in [-0.25, -0.2) is 14.7 Å². The number of carbonyl (C=O) groups is 3. The average Bonchev–Trinajstić information content (AvgIpc) is 3.23. The number of rotatable bonds is 2. The number of fused-ring (bicyclic) bond motifs is 1. The summed E-state index contributed by atoms with van der Waals surface area (Å²) in [4.78, 5) is 38.5. The summed E-state index contributed by atoms with van der Waals surface area (Å²) >= 11 is 0. The molecule has 0 saturated carbocycles. The maximum absolute atomic E-state index is 13.1. The molecule has 2 atom stereocenters. The number of carbonyl (C=O) groups excluding carboxylic acids is 3. The van der Waals surface area contributed by atoms with Crippen LogP contribution in [0.3, 0.4) is 0 Å². The minimum absolute atomic E-state index is 0.0187. The second-order valence-electron chi connectivity index (χ2n) is 7.38. The fraction of sp³-hybridized carbons (Fsp3) is 0.500. The monoisotopic (exact) mass is 343 g/mol. The van der Waals surface area contributed by atoms with Crippen LogP contribution in [0.1, 0.15) is 31.9 Å². The van der Waals surface area contributed by atoms with E-state index in [-0.39, 0.29) is 36.5 Å². The van der Waals surface area contributed by atoms with Crippen LogP contribution in [0.25, 0.3) is 0 Å². The number of hydrogen-bond acceptors (Lipinski definition) is 5. The molecule has 1 aromatic rings. The molecule has 0 aliphatic carbocycles. The van der Waals surface area contributed by atoms with Crippen molar-refractivity contribution >= 4 is 17.9 Å². The molecule has 0 bridgehead atoms. The van der Waals surface area contributed by atoms with Gasteiger partial charge < -0.3 is 4.74 Å². The van der Waals surface area contributed by atoms with Gasteiger partial charge in [-0.15, -0.1) is 0 Å². The maximum Gasteiger partial charge on any atom is 0.416 e. The van der Waals surface area contributed by atoms with Crippen molar-refractivity contribution in [3.05, 3.63) is 35.9 Å². The van der Waals surface area contributed by atoms with Crippen molar-refractivity contribution in [3.8, 4) is 0 Å². The molecule has 0 unspecified atom stereocenters. The number of ether oxygens (including phenoxy) is 1. The molecule has 132 valence electrons. The second kappa shape index (κ2) is 5.56. The molecule has 3 amide bonds. The topological polar surface area (TPSA) is 70.2 Å². The molecule has 3 aliphatic rings. The molecule has 0 aromatic heterocycles. The zero-order valence-electron chi connectivity index (χ0n) is 14.3. The lowest BCUT2D eigenvalue weighted by Gasteiger charge is -2.37. The van der Waals surface area contributed by atoms with Crippen LogP contribution < -0.4 is 0 Å². The van der Waals surface area contributed by atoms with Crippen molar-refractivity contribution in [2.75, 3.05) is 19.7 Å². The molecule has 7 heteroatoms. The number of hydrogen-bond donors (Lipinski definition) is 0. The van der Waals surface area contributed by atoms with Gasteiger partial charge in [-0.2, -0.15) is 0 Å². The number of benzene rings is 1. The van der Waals surface area contributed by atoms with Gasteiger partial charge in [0.25, 0.3) is 0 Å². The van der Waals surface area contributed by atoms with Crippen LogP contribution in [0, 0.1) is 5.92 Å². The molecular weight excluding hydrogens is 322 g/mol. The first-order valence-corrected chi connectivity index (χ1v) is 8.53. The fourth-order valence-corrected chi connectivity index (χ4v) is 4.19. The van der Waals surface area contributed by atoms with E-state index in [9.17, 15) is 14.4 Å². The Morgan fingerprint density at radius 3 is 2.56 bits per heavy atom. The van der Waals surface area contributed by atoms with Gasteiger partial charge in [0.05, 0.1) is 25.0 Å². The summed E-state index contributed by atoms with van der Waals surface area (Å²) in [6, 6.07) is 9.43. The molecule has 0 N–H and O–H groups in total. The maximum atomic E-state index is 13.1. The molecule has 25 heavy (non-hydrogen) atoms. The predicted molar refractivity (Wildman–Crippen MR) is 88.0 cm³/mol. The Balaban J connectivity index is 1.74. The van der Waals surface area contributed by atoms with Crippen LogP contribution in [0.5, 0.6) is 0 Å². The van der Waals surface area contributed by atoms with Gasteiger partial charge in [-0.1, -0.05) is 30.3 Å². The summed E-state index contributed by atoms with van der Waals surface area (Å²) < 4.78 is 4.92. The molecule has 3 fully saturated rings. The highest BCUT2D eigenvalue weighted by Crippen LogP contribution is 2.47. The van der Waals surface area contributed by atoms with Crippen molar-refractivity contribution < 1.29 is 19.1 Å². The number of hydrazine groups is 1. The number of imide groups is 1. The normalized spacial score (nSPS) is 28.4. The van der Waals surface area contributed by atoms with Crippen LogP contribution in [0.15, 0.2) is 30.3 Å². The highest BCUT2D eigenvalue weighted by Gasteiger charge is 2.57. The average molecular weight is 343 g/mol. The van der Waals surface area contributed by atoms with E-state index in [1.165, 1.54) is 4.90 Å². The lowest BCUT2D eigenvalue weighted by Crippen LogP contribution is -2.45. The van der Waals surface area contributed by atoms with Gasteiger partial charge >= 0.3 is 6.09 Å². The van der Waals surface area contributed by atoms with Gasteiger partial charge in [-0.3, -0.25) is 14.6 Å². The van der Waals surface area contributed by atoms with E-state index in [2.05, 4.69) is 0 Å². The molecule has 3 saturated heterocycles. The van der Waals surface area contributed by atoms with E-state index in [0.29, 0.717) is 13.0 Å². The van der Waals surface area contributed by atoms with E-state index >= 15 is 0 Å². The summed E-state index contributed by atoms with van der Waals surface area (Å²) in [5, 5.41) is 3.70. The van der Waals surface area contributed by atoms with Crippen LogP contribution in [-0.4, -0.2) is 58.1 Å². The first-order valence-electron chi connectivity index (χ1n) is 8.53. The van der Waals surface area contributed by atoms with E-state index in [1.807, 2.05) is 49.2 Å². The summed E-state index contributed by atoms with van der Waals surface area (Å²) in [6.45, 7) is 4.82. The van der Waals surface area contributed by atoms with Gasteiger partial charge in [0.1, 0.15) is 6.61 Å². The molecule has 4 rings (SSSR count). The lowest BCUT2D eigenvalue weighted by atomic mass is 9.89. The smallest absolute Gasteiger partial charge is 0.416 e. The van der Waals surface area contributed by atoms with E-state index < -0.39 is 12.0 Å². The summed E-state index contributed by atoms with van der Waals surface area (Å²) in [6.07, 6.45) is -0.173. The summed E-state index contributed by atoms with van der Waals surface area (Å²) in [7, 11) is 0. The third kappa shape index (κ3) is 2.41. The first-order chi connectivity index (χ1) is 11.9. The van der Waals surface area contributed by atoms with Crippen molar-refractivity contribution in [2.45, 2.75) is 31.8 Å². The molecule has 7 nitrogen and oxygen atoms in total. The molecule has 3 aliphatic heterocycles. The molecule has 3 heterocycles. The van der Waals surface area contributed by atoms with Crippen LogP contribution in [-0.2, 0) is 14.3 Å². The predicted octanol–water partition coefficient (Wildman–Crippen LogP) is 1.56. The quantitative estimate of drug-likeness (QED) is 0.815. The molecule has 0 radical (unpaired) electrons. The number of nitrogens with zero attached hydrogens (tertiary/aromatic N) is 3. The summed E-state index contributed by atoms with van der Waals surface area (Å²) in [5.41, 5.74) is 0.594. The van der Waals surface area contributed by atoms with E-state index in [1.54, 1.807) is 5.01 Å². The standard InChI is InChI=1S/C18H21N3O4/c1-18(2)10-14(22)20-11-13(16(23)19-8-9-25-17(19)24)15(21(18)20)12-6-4-3-5-7-12/h3-7,13,15H,8-11H2,1-2H3/t13-,15+/m0/s1. The van der Waals surface area contributed by atoms with E-state index in [4.69, 9.17) is 4.74 Å². The Kier molecular flexibility index (Phi) is 3.57. The SMILES string of the molecule is CC1(C)CC(=O)N2C[C@H](C(=O)N3CCOC3=O)[C@@H](c3ccccc3)N21. The second-order valence-corrected chi connectivity index (χ2v) is 7.38. The van der Waals surface area contributed by atoms with Crippen LogP contribution >= 0.6 is 0 Å². The fourth-order valence-electron chi connectivity index (χ4n) is 4.19. The number of cyclic esters (lactones) is 1. The molecular formula is C18H21N3O4. The number of amides is 3.